The van der Waals surface area contributed by atoms with Crippen molar-refractivity contribution in [1.29, 1.82) is 0 Å². The number of hydrogen-bond donors (Lipinski definition) is 1. The van der Waals surface area contributed by atoms with E-state index in [9.17, 15) is 4.79 Å². The average Bonchev–Trinajstić information content (AvgIpc) is 2.17. The Morgan fingerprint density at radius 1 is 1.46 bits per heavy atom. The number of rotatable bonds is 2. The van der Waals surface area contributed by atoms with Crippen LogP contribution in [0.15, 0.2) is 24.3 Å². The second-order valence-electron chi connectivity index (χ2n) is 2.77. The van der Waals surface area contributed by atoms with Gasteiger partial charge in [0.25, 0.3) is 0 Å². The summed E-state index contributed by atoms with van der Waals surface area (Å²) in [6, 6.07) is 7.02. The third-order valence-corrected chi connectivity index (χ3v) is 1.81. The Hall–Kier alpha value is -1.35. The molecule has 0 fully saturated rings. The van der Waals surface area contributed by atoms with Crippen molar-refractivity contribution in [2.45, 2.75) is 13.5 Å². The van der Waals surface area contributed by atoms with E-state index >= 15 is 0 Å². The Kier molecular flexibility index (Phi) is 3.03. The van der Waals surface area contributed by atoms with Crippen molar-refractivity contribution in [1.82, 2.24) is 0 Å². The van der Waals surface area contributed by atoms with Gasteiger partial charge in [0.1, 0.15) is 0 Å². The van der Waals surface area contributed by atoms with E-state index in [1.165, 1.54) is 11.8 Å². The SMILES string of the molecule is [CH2]N(C(C)=O)c1ccc(CO)cc1. The summed E-state index contributed by atoms with van der Waals surface area (Å²) in [4.78, 5) is 12.2. The van der Waals surface area contributed by atoms with Crippen LogP contribution in [0.2, 0.25) is 0 Å². The zero-order valence-corrected chi connectivity index (χ0v) is 7.53. The highest BCUT2D eigenvalue weighted by Gasteiger charge is 2.04. The number of aliphatic hydroxyl groups excluding tert-OH is 1. The fraction of sp³-hybridized carbons (Fsp3) is 0.200. The lowest BCUT2D eigenvalue weighted by molar-refractivity contribution is -0.116. The van der Waals surface area contributed by atoms with Crippen LogP contribution in [0.5, 0.6) is 0 Å². The standard InChI is InChI=1S/C10H12NO2/c1-8(13)11(2)10-5-3-9(7-12)4-6-10/h3-6,12H,2,7H2,1H3. The van der Waals surface area contributed by atoms with Crippen LogP contribution in [0.1, 0.15) is 12.5 Å². The molecule has 0 spiro atoms. The molecule has 1 N–H and O–H groups in total. The second kappa shape index (κ2) is 4.05. The first-order valence-electron chi connectivity index (χ1n) is 3.96. The van der Waals surface area contributed by atoms with Crippen LogP contribution in [0.4, 0.5) is 5.69 Å². The summed E-state index contributed by atoms with van der Waals surface area (Å²) in [6.45, 7) is 1.46. The van der Waals surface area contributed by atoms with Crippen LogP contribution in [0, 0.1) is 7.05 Å². The molecule has 13 heavy (non-hydrogen) atoms. The highest BCUT2D eigenvalue weighted by Crippen LogP contribution is 2.14. The molecule has 0 unspecified atom stereocenters. The Labute approximate surface area is 77.6 Å². The molecule has 0 bridgehead atoms. The maximum atomic E-state index is 10.9. The van der Waals surface area contributed by atoms with E-state index in [4.69, 9.17) is 5.11 Å². The molecular formula is C10H12NO2. The largest absolute Gasteiger partial charge is 0.392 e. The van der Waals surface area contributed by atoms with Gasteiger partial charge in [-0.05, 0) is 17.7 Å². The van der Waals surface area contributed by atoms with Gasteiger partial charge in [0.2, 0.25) is 5.91 Å². The lowest BCUT2D eigenvalue weighted by Gasteiger charge is -2.14. The van der Waals surface area contributed by atoms with E-state index in [-0.39, 0.29) is 12.5 Å². The number of amides is 1. The van der Waals surface area contributed by atoms with E-state index in [1.807, 2.05) is 0 Å². The summed E-state index contributed by atoms with van der Waals surface area (Å²) in [5, 5.41) is 8.78. The van der Waals surface area contributed by atoms with Gasteiger partial charge in [-0.25, -0.2) is 0 Å². The topological polar surface area (TPSA) is 40.5 Å². The molecular weight excluding hydrogens is 166 g/mol. The molecule has 0 aliphatic heterocycles. The first-order chi connectivity index (χ1) is 6.15. The highest BCUT2D eigenvalue weighted by molar-refractivity contribution is 5.91. The quantitative estimate of drug-likeness (QED) is 0.742. The van der Waals surface area contributed by atoms with Crippen LogP contribution in [0.3, 0.4) is 0 Å². The summed E-state index contributed by atoms with van der Waals surface area (Å²) in [7, 11) is 3.58. The molecule has 0 atom stereocenters. The van der Waals surface area contributed by atoms with Gasteiger partial charge < -0.3 is 10.0 Å². The summed E-state index contributed by atoms with van der Waals surface area (Å²) in [5.41, 5.74) is 1.55. The number of benzene rings is 1. The fourth-order valence-electron chi connectivity index (χ4n) is 0.963. The molecule has 1 radical (unpaired) electrons. The molecule has 3 heteroatoms. The molecule has 0 aromatic heterocycles. The normalized spacial score (nSPS) is 9.77. The lowest BCUT2D eigenvalue weighted by Crippen LogP contribution is -2.19. The van der Waals surface area contributed by atoms with E-state index < -0.39 is 0 Å². The van der Waals surface area contributed by atoms with E-state index in [1.54, 1.807) is 24.3 Å². The molecule has 0 aliphatic carbocycles. The summed E-state index contributed by atoms with van der Waals surface area (Å²) in [5.74, 6) is -0.114. The Bertz CT molecular complexity index is 292. The van der Waals surface area contributed by atoms with Crippen molar-refractivity contribution in [2.24, 2.45) is 0 Å². The van der Waals surface area contributed by atoms with Crippen molar-refractivity contribution >= 4 is 11.6 Å². The third kappa shape index (κ3) is 2.29. The van der Waals surface area contributed by atoms with E-state index in [0.717, 1.165) is 11.3 Å². The number of hydrogen-bond acceptors (Lipinski definition) is 2. The van der Waals surface area contributed by atoms with Crippen LogP contribution in [-0.4, -0.2) is 11.0 Å². The van der Waals surface area contributed by atoms with Crippen molar-refractivity contribution < 1.29 is 9.90 Å². The fourth-order valence-corrected chi connectivity index (χ4v) is 0.963. The van der Waals surface area contributed by atoms with Crippen molar-refractivity contribution in [2.75, 3.05) is 4.90 Å². The molecule has 0 saturated carbocycles. The van der Waals surface area contributed by atoms with Crippen molar-refractivity contribution in [3.63, 3.8) is 0 Å². The molecule has 0 saturated heterocycles. The molecule has 69 valence electrons. The van der Waals surface area contributed by atoms with Gasteiger partial charge in [-0.15, -0.1) is 0 Å². The zero-order valence-electron chi connectivity index (χ0n) is 7.53. The van der Waals surface area contributed by atoms with Crippen molar-refractivity contribution in [3.8, 4) is 0 Å². The number of carbonyl (C=O) groups is 1. The van der Waals surface area contributed by atoms with Gasteiger partial charge in [0, 0.05) is 19.7 Å². The van der Waals surface area contributed by atoms with Crippen LogP contribution in [0.25, 0.3) is 0 Å². The van der Waals surface area contributed by atoms with Gasteiger partial charge in [-0.3, -0.25) is 4.79 Å². The number of carbonyl (C=O) groups excluding carboxylic acids is 1. The first-order valence-corrected chi connectivity index (χ1v) is 3.96. The zero-order chi connectivity index (χ0) is 9.84. The summed E-state index contributed by atoms with van der Waals surface area (Å²) in [6.07, 6.45) is 0. The molecule has 0 heterocycles. The number of aliphatic hydroxyl groups is 1. The van der Waals surface area contributed by atoms with Gasteiger partial charge in [-0.2, -0.15) is 0 Å². The summed E-state index contributed by atoms with van der Waals surface area (Å²) < 4.78 is 0. The predicted molar refractivity (Wildman–Crippen MR) is 50.9 cm³/mol. The number of anilines is 1. The Morgan fingerprint density at radius 2 is 2.00 bits per heavy atom. The summed E-state index contributed by atoms with van der Waals surface area (Å²) >= 11 is 0. The minimum absolute atomic E-state index is 0.0114. The third-order valence-electron chi connectivity index (χ3n) is 1.81. The molecule has 1 amide bonds. The molecule has 0 aliphatic rings. The molecule has 3 nitrogen and oxygen atoms in total. The minimum atomic E-state index is -0.114. The molecule has 1 rings (SSSR count). The minimum Gasteiger partial charge on any atom is -0.392 e. The van der Waals surface area contributed by atoms with E-state index in [2.05, 4.69) is 7.05 Å². The predicted octanol–water partition coefficient (Wildman–Crippen LogP) is 1.32. The number of nitrogens with zero attached hydrogens (tertiary/aromatic N) is 1. The lowest BCUT2D eigenvalue weighted by atomic mass is 10.2. The van der Waals surface area contributed by atoms with Crippen LogP contribution >= 0.6 is 0 Å². The monoisotopic (exact) mass is 178 g/mol. The van der Waals surface area contributed by atoms with Crippen LogP contribution in [-0.2, 0) is 11.4 Å². The average molecular weight is 178 g/mol. The smallest absolute Gasteiger partial charge is 0.223 e. The first kappa shape index (κ1) is 9.74. The van der Waals surface area contributed by atoms with Crippen molar-refractivity contribution in [3.05, 3.63) is 36.9 Å². The van der Waals surface area contributed by atoms with Gasteiger partial charge >= 0.3 is 0 Å². The van der Waals surface area contributed by atoms with Gasteiger partial charge in [-0.1, -0.05) is 12.1 Å². The highest BCUT2D eigenvalue weighted by atomic mass is 16.3. The Balaban J connectivity index is 2.85. The van der Waals surface area contributed by atoms with Gasteiger partial charge in [0.15, 0.2) is 0 Å². The molecule has 1 aromatic carbocycles. The van der Waals surface area contributed by atoms with Gasteiger partial charge in [0.05, 0.1) is 6.61 Å². The Morgan fingerprint density at radius 3 is 2.38 bits per heavy atom. The maximum Gasteiger partial charge on any atom is 0.223 e. The molecule has 1 aromatic rings. The maximum absolute atomic E-state index is 10.9. The van der Waals surface area contributed by atoms with Crippen LogP contribution < -0.4 is 4.90 Å². The second-order valence-corrected chi connectivity index (χ2v) is 2.77. The van der Waals surface area contributed by atoms with E-state index in [0.29, 0.717) is 0 Å².